The first-order valence-corrected chi connectivity index (χ1v) is 6.85. The van der Waals surface area contributed by atoms with Crippen molar-refractivity contribution in [2.75, 3.05) is 4.90 Å². The lowest BCUT2D eigenvalue weighted by atomic mass is 9.82. The van der Waals surface area contributed by atoms with E-state index >= 15 is 0 Å². The van der Waals surface area contributed by atoms with E-state index in [1.165, 1.54) is 18.2 Å². The van der Waals surface area contributed by atoms with E-state index in [-0.39, 0.29) is 28.7 Å². The lowest BCUT2D eigenvalue weighted by molar-refractivity contribution is -0.122. The van der Waals surface area contributed by atoms with Gasteiger partial charge in [-0.1, -0.05) is 23.3 Å². The Labute approximate surface area is 121 Å². The van der Waals surface area contributed by atoms with Gasteiger partial charge in [-0.15, -0.1) is 0 Å². The quantitative estimate of drug-likeness (QED) is 0.588. The Morgan fingerprint density at radius 3 is 2.65 bits per heavy atom. The summed E-state index contributed by atoms with van der Waals surface area (Å²) in [7, 11) is 0. The summed E-state index contributed by atoms with van der Waals surface area (Å²) in [4.78, 5) is 26.0. The summed E-state index contributed by atoms with van der Waals surface area (Å²) in [6, 6.07) is 3.91. The van der Waals surface area contributed by atoms with Crippen LogP contribution in [0.25, 0.3) is 0 Å². The van der Waals surface area contributed by atoms with E-state index in [2.05, 4.69) is 0 Å². The van der Waals surface area contributed by atoms with Crippen molar-refractivity contribution in [3.63, 3.8) is 0 Å². The van der Waals surface area contributed by atoms with Gasteiger partial charge >= 0.3 is 0 Å². The molecule has 1 aliphatic heterocycles. The van der Waals surface area contributed by atoms with Crippen LogP contribution in [0, 0.1) is 17.7 Å². The number of hydrogen-bond donors (Lipinski definition) is 0. The molecule has 1 aliphatic carbocycles. The van der Waals surface area contributed by atoms with Crippen molar-refractivity contribution in [2.45, 2.75) is 19.8 Å². The van der Waals surface area contributed by atoms with Crippen LogP contribution in [0.5, 0.6) is 0 Å². The van der Waals surface area contributed by atoms with E-state index < -0.39 is 5.82 Å². The summed E-state index contributed by atoms with van der Waals surface area (Å²) in [6.45, 7) is 1.96. The molecule has 2 aliphatic rings. The Balaban J connectivity index is 1.97. The van der Waals surface area contributed by atoms with E-state index in [1.807, 2.05) is 13.0 Å². The van der Waals surface area contributed by atoms with Crippen molar-refractivity contribution < 1.29 is 14.0 Å². The van der Waals surface area contributed by atoms with E-state index in [0.29, 0.717) is 18.5 Å². The van der Waals surface area contributed by atoms with Crippen LogP contribution >= 0.6 is 11.6 Å². The molecule has 2 amide bonds. The molecule has 0 bridgehead atoms. The Kier molecular flexibility index (Phi) is 3.13. The highest BCUT2D eigenvalue weighted by Crippen LogP contribution is 2.40. The van der Waals surface area contributed by atoms with Crippen LogP contribution < -0.4 is 4.90 Å². The highest BCUT2D eigenvalue weighted by molar-refractivity contribution is 6.31. The van der Waals surface area contributed by atoms with E-state index in [9.17, 15) is 14.0 Å². The molecule has 0 radical (unpaired) electrons. The molecule has 104 valence electrons. The average Bonchev–Trinajstić information content (AvgIpc) is 2.65. The third-order valence-electron chi connectivity index (χ3n) is 3.98. The van der Waals surface area contributed by atoms with Gasteiger partial charge < -0.3 is 0 Å². The van der Waals surface area contributed by atoms with Gasteiger partial charge in [0.05, 0.1) is 22.5 Å². The average molecular weight is 294 g/mol. The Morgan fingerprint density at radius 2 is 1.95 bits per heavy atom. The van der Waals surface area contributed by atoms with Crippen molar-refractivity contribution in [3.05, 3.63) is 40.7 Å². The fourth-order valence-corrected chi connectivity index (χ4v) is 3.09. The monoisotopic (exact) mass is 293 g/mol. The maximum Gasteiger partial charge on any atom is 0.238 e. The molecular weight excluding hydrogens is 281 g/mol. The van der Waals surface area contributed by atoms with Crippen LogP contribution in [0.3, 0.4) is 0 Å². The van der Waals surface area contributed by atoms with Crippen LogP contribution in [-0.2, 0) is 9.59 Å². The number of hydrogen-bond acceptors (Lipinski definition) is 2. The molecule has 1 aromatic carbocycles. The summed E-state index contributed by atoms with van der Waals surface area (Å²) < 4.78 is 13.2. The molecule has 1 fully saturated rings. The lowest BCUT2D eigenvalue weighted by Crippen LogP contribution is -2.30. The molecule has 1 aromatic rings. The number of anilines is 1. The normalized spacial score (nSPS) is 25.8. The molecule has 20 heavy (non-hydrogen) atoms. The number of fused-ring (bicyclic) bond motifs is 1. The van der Waals surface area contributed by atoms with Gasteiger partial charge in [0, 0.05) is 0 Å². The van der Waals surface area contributed by atoms with E-state index in [4.69, 9.17) is 11.6 Å². The number of amides is 2. The molecule has 2 atom stereocenters. The maximum atomic E-state index is 13.2. The highest BCUT2D eigenvalue weighted by atomic mass is 35.5. The highest BCUT2D eigenvalue weighted by Gasteiger charge is 2.48. The Hall–Kier alpha value is -1.68. The number of halogens is 2. The number of carbonyl (C=O) groups excluding carboxylic acids is 2. The Bertz CT molecular complexity index is 641. The second-order valence-electron chi connectivity index (χ2n) is 5.31. The smallest absolute Gasteiger partial charge is 0.238 e. The van der Waals surface area contributed by atoms with Gasteiger partial charge in [0.2, 0.25) is 11.8 Å². The van der Waals surface area contributed by atoms with Crippen molar-refractivity contribution in [1.29, 1.82) is 0 Å². The number of imide groups is 1. The molecule has 1 heterocycles. The third-order valence-corrected chi connectivity index (χ3v) is 4.27. The van der Waals surface area contributed by atoms with Gasteiger partial charge in [-0.05, 0) is 38.0 Å². The number of allylic oxidation sites excluding steroid dienone is 2. The van der Waals surface area contributed by atoms with Gasteiger partial charge in [-0.2, -0.15) is 0 Å². The van der Waals surface area contributed by atoms with Crippen LogP contribution in [0.1, 0.15) is 19.8 Å². The molecule has 3 rings (SSSR count). The fraction of sp³-hybridized carbons (Fsp3) is 0.333. The first-order chi connectivity index (χ1) is 9.49. The van der Waals surface area contributed by atoms with E-state index in [0.717, 1.165) is 10.5 Å². The molecular formula is C15H13ClFNO2. The van der Waals surface area contributed by atoms with Crippen LogP contribution in [0.4, 0.5) is 10.1 Å². The topological polar surface area (TPSA) is 37.4 Å². The van der Waals surface area contributed by atoms with Crippen molar-refractivity contribution in [1.82, 2.24) is 0 Å². The summed E-state index contributed by atoms with van der Waals surface area (Å²) in [5.74, 6) is -1.59. The standard InChI is InChI=1S/C15H13ClFNO2/c1-8-2-4-10-11(6-8)15(20)18(14(10)19)9-3-5-13(17)12(16)7-9/h2-3,5,7,10-11H,4,6H2,1H3/t10-,11-/m1/s1. The Morgan fingerprint density at radius 1 is 1.25 bits per heavy atom. The van der Waals surface area contributed by atoms with Gasteiger partial charge in [-0.25, -0.2) is 9.29 Å². The zero-order valence-electron chi connectivity index (χ0n) is 10.9. The minimum absolute atomic E-state index is 0.0905. The van der Waals surface area contributed by atoms with Gasteiger partial charge in [-0.3, -0.25) is 9.59 Å². The predicted molar refractivity (Wildman–Crippen MR) is 73.9 cm³/mol. The molecule has 0 saturated carbocycles. The fourth-order valence-electron chi connectivity index (χ4n) is 2.92. The first kappa shape index (κ1) is 13.3. The second-order valence-corrected chi connectivity index (χ2v) is 5.72. The zero-order valence-corrected chi connectivity index (χ0v) is 11.7. The molecule has 5 heteroatoms. The summed E-state index contributed by atoms with van der Waals surface area (Å²) in [5, 5.41) is -0.0905. The number of carbonyl (C=O) groups is 2. The molecule has 3 nitrogen and oxygen atoms in total. The van der Waals surface area contributed by atoms with Crippen LogP contribution in [-0.4, -0.2) is 11.8 Å². The predicted octanol–water partition coefficient (Wildman–Crippen LogP) is 3.32. The second kappa shape index (κ2) is 4.70. The third kappa shape index (κ3) is 1.95. The van der Waals surface area contributed by atoms with Gasteiger partial charge in [0.25, 0.3) is 0 Å². The summed E-state index contributed by atoms with van der Waals surface area (Å²) in [5.41, 5.74) is 1.48. The molecule has 0 aromatic heterocycles. The number of nitrogens with zero attached hydrogens (tertiary/aromatic N) is 1. The minimum atomic E-state index is -0.565. The molecule has 0 unspecified atom stereocenters. The van der Waals surface area contributed by atoms with E-state index in [1.54, 1.807) is 0 Å². The van der Waals surface area contributed by atoms with Crippen molar-refractivity contribution >= 4 is 29.1 Å². The first-order valence-electron chi connectivity index (χ1n) is 6.47. The summed E-state index contributed by atoms with van der Waals surface area (Å²) >= 11 is 5.73. The van der Waals surface area contributed by atoms with Crippen LogP contribution in [0.15, 0.2) is 29.8 Å². The minimum Gasteiger partial charge on any atom is -0.274 e. The SMILES string of the molecule is CC1=CC[C@H]2C(=O)N(c3ccc(F)c(Cl)c3)C(=O)[C@@H]2C1. The van der Waals surface area contributed by atoms with Gasteiger partial charge in [0.1, 0.15) is 5.82 Å². The number of benzene rings is 1. The van der Waals surface area contributed by atoms with Crippen molar-refractivity contribution in [2.24, 2.45) is 11.8 Å². The largest absolute Gasteiger partial charge is 0.274 e. The van der Waals surface area contributed by atoms with Crippen LogP contribution in [0.2, 0.25) is 5.02 Å². The van der Waals surface area contributed by atoms with Crippen molar-refractivity contribution in [3.8, 4) is 0 Å². The number of rotatable bonds is 1. The lowest BCUT2D eigenvalue weighted by Gasteiger charge is -2.18. The maximum absolute atomic E-state index is 13.2. The molecule has 0 N–H and O–H groups in total. The summed E-state index contributed by atoms with van der Waals surface area (Å²) in [6.07, 6.45) is 3.21. The van der Waals surface area contributed by atoms with Gasteiger partial charge in [0.15, 0.2) is 0 Å². The zero-order chi connectivity index (χ0) is 14.4. The molecule has 1 saturated heterocycles. The molecule has 0 spiro atoms.